The molecule has 10 heteroatoms. The van der Waals surface area contributed by atoms with Crippen LogP contribution in [0.4, 0.5) is 5.69 Å². The third-order valence-electron chi connectivity index (χ3n) is 3.15. The van der Waals surface area contributed by atoms with Crippen molar-refractivity contribution in [3.63, 3.8) is 0 Å². The quantitative estimate of drug-likeness (QED) is 0.294. The molecule has 0 heterocycles. The summed E-state index contributed by atoms with van der Waals surface area (Å²) >= 11 is 17.9. The molecule has 0 spiro atoms. The smallest absolute Gasteiger partial charge is 0.191 e. The average Bonchev–Trinajstić information content (AvgIpc) is 2.60. The second-order valence-electron chi connectivity index (χ2n) is 4.84. The molecule has 2 aromatic rings. The van der Waals surface area contributed by atoms with Crippen LogP contribution in [0.15, 0.2) is 38.3 Å². The number of thiocarbonyl (C=S) groups is 1. The summed E-state index contributed by atoms with van der Waals surface area (Å²) in [7, 11) is 3.03. The molecule has 2 aromatic carbocycles. The van der Waals surface area contributed by atoms with Gasteiger partial charge in [-0.05, 0) is 40.3 Å². The van der Waals surface area contributed by atoms with Gasteiger partial charge in [0, 0.05) is 22.2 Å². The van der Waals surface area contributed by atoms with Crippen LogP contribution in [0, 0.1) is 0 Å². The molecule has 0 aliphatic rings. The number of aromatic hydroxyl groups is 1. The molecule has 0 radical (unpaired) electrons. The minimum absolute atomic E-state index is 0.0711. The Morgan fingerprint density at radius 1 is 1.19 bits per heavy atom. The largest absolute Gasteiger partial charge is 0.506 e. The summed E-state index contributed by atoms with van der Waals surface area (Å²) in [4.78, 5) is 0. The molecule has 0 bridgehead atoms. The van der Waals surface area contributed by atoms with Crippen LogP contribution < -0.4 is 20.2 Å². The number of anilines is 1. The molecule has 0 saturated heterocycles. The Labute approximate surface area is 177 Å². The average molecular weight is 524 g/mol. The van der Waals surface area contributed by atoms with Gasteiger partial charge in [-0.1, -0.05) is 27.5 Å². The molecule has 0 saturated carbocycles. The van der Waals surface area contributed by atoms with Gasteiger partial charge < -0.3 is 19.9 Å². The predicted octanol–water partition coefficient (Wildman–Crippen LogP) is 4.91. The molecule has 0 atom stereocenters. The maximum Gasteiger partial charge on any atom is 0.191 e. The van der Waals surface area contributed by atoms with Crippen molar-refractivity contribution in [2.24, 2.45) is 5.10 Å². The lowest BCUT2D eigenvalue weighted by Crippen LogP contribution is -2.24. The normalized spacial score (nSPS) is 10.7. The van der Waals surface area contributed by atoms with Gasteiger partial charge in [-0.25, -0.2) is 0 Å². The van der Waals surface area contributed by atoms with Crippen LogP contribution in [0.2, 0.25) is 5.02 Å². The minimum Gasteiger partial charge on any atom is -0.506 e. The van der Waals surface area contributed by atoms with E-state index in [-0.39, 0.29) is 10.9 Å². The highest BCUT2D eigenvalue weighted by atomic mass is 79.9. The fraction of sp³-hybridized carbons (Fsp3) is 0.125. The highest BCUT2D eigenvalue weighted by Gasteiger charge is 2.11. The summed E-state index contributed by atoms with van der Waals surface area (Å²) in [5.74, 6) is 1.05. The number of hydrogen-bond donors (Lipinski definition) is 3. The van der Waals surface area contributed by atoms with Crippen molar-refractivity contribution in [2.45, 2.75) is 0 Å². The Morgan fingerprint density at radius 3 is 2.54 bits per heavy atom. The van der Waals surface area contributed by atoms with E-state index in [1.54, 1.807) is 24.3 Å². The van der Waals surface area contributed by atoms with Gasteiger partial charge >= 0.3 is 0 Å². The number of phenolic OH excluding ortho intramolecular Hbond substituents is 1. The molecule has 0 unspecified atom stereocenters. The fourth-order valence-electron chi connectivity index (χ4n) is 1.95. The summed E-state index contributed by atoms with van der Waals surface area (Å²) in [5.41, 5.74) is 3.74. The number of rotatable bonds is 5. The molecule has 3 N–H and O–H groups in total. The molecule has 0 fully saturated rings. The maximum absolute atomic E-state index is 10.00. The van der Waals surface area contributed by atoms with Crippen LogP contribution in [-0.4, -0.2) is 30.7 Å². The monoisotopic (exact) mass is 521 g/mol. The zero-order valence-electron chi connectivity index (χ0n) is 13.6. The molecule has 0 aliphatic carbocycles. The van der Waals surface area contributed by atoms with Crippen molar-refractivity contribution in [1.82, 2.24) is 5.43 Å². The molecule has 0 aliphatic heterocycles. The van der Waals surface area contributed by atoms with Gasteiger partial charge in [-0.15, -0.1) is 0 Å². The van der Waals surface area contributed by atoms with Crippen LogP contribution in [0.5, 0.6) is 17.2 Å². The maximum atomic E-state index is 10.00. The molecule has 138 valence electrons. The third-order valence-corrected chi connectivity index (χ3v) is 4.70. The van der Waals surface area contributed by atoms with Crippen LogP contribution in [-0.2, 0) is 0 Å². The summed E-state index contributed by atoms with van der Waals surface area (Å²) in [6.45, 7) is 0. The first-order valence-electron chi connectivity index (χ1n) is 7.05. The van der Waals surface area contributed by atoms with Crippen LogP contribution >= 0.6 is 55.7 Å². The van der Waals surface area contributed by atoms with Gasteiger partial charge in [0.2, 0.25) is 0 Å². The molecule has 0 aromatic heterocycles. The summed E-state index contributed by atoms with van der Waals surface area (Å²) in [6.07, 6.45) is 1.44. The lowest BCUT2D eigenvalue weighted by Gasteiger charge is -2.14. The van der Waals surface area contributed by atoms with E-state index in [0.29, 0.717) is 32.2 Å². The van der Waals surface area contributed by atoms with E-state index >= 15 is 0 Å². The van der Waals surface area contributed by atoms with E-state index in [9.17, 15) is 5.11 Å². The molecule has 2 rings (SSSR count). The molecular weight excluding hydrogens is 510 g/mol. The first-order chi connectivity index (χ1) is 12.3. The predicted molar refractivity (Wildman–Crippen MR) is 115 cm³/mol. The Balaban J connectivity index is 2.10. The van der Waals surface area contributed by atoms with Crippen molar-refractivity contribution in [2.75, 3.05) is 19.5 Å². The molecule has 26 heavy (non-hydrogen) atoms. The summed E-state index contributed by atoms with van der Waals surface area (Å²) < 4.78 is 11.8. The lowest BCUT2D eigenvalue weighted by atomic mass is 10.2. The number of methoxy groups -OCH3 is 2. The zero-order valence-corrected chi connectivity index (χ0v) is 18.4. The van der Waals surface area contributed by atoms with Crippen molar-refractivity contribution < 1.29 is 14.6 Å². The number of hydrogen-bond acceptors (Lipinski definition) is 5. The number of halogens is 3. The Bertz CT molecular complexity index is 865. The number of benzene rings is 2. The third kappa shape index (κ3) is 5.23. The van der Waals surface area contributed by atoms with E-state index in [1.807, 2.05) is 0 Å². The number of nitrogens with one attached hydrogen (secondary N) is 2. The summed E-state index contributed by atoms with van der Waals surface area (Å²) in [5, 5.41) is 17.6. The van der Waals surface area contributed by atoms with Gasteiger partial charge in [0.25, 0.3) is 0 Å². The Hall–Kier alpha value is -1.55. The van der Waals surface area contributed by atoms with Crippen LogP contribution in [0.25, 0.3) is 0 Å². The standard InChI is InChI=1S/C16H14Br2ClN3O3S/c1-24-13-6-12(14(25-2)5-11(13)19)21-16(26)22-20-7-8-3-9(17)4-10(18)15(8)23/h3-7,23H,1-2H3,(H2,21,22,26)/b20-7-. The summed E-state index contributed by atoms with van der Waals surface area (Å²) in [6, 6.07) is 6.73. The highest BCUT2D eigenvalue weighted by Crippen LogP contribution is 2.35. The van der Waals surface area contributed by atoms with E-state index in [2.05, 4.69) is 47.7 Å². The van der Waals surface area contributed by atoms with Gasteiger partial charge in [-0.3, -0.25) is 5.43 Å². The van der Waals surface area contributed by atoms with Crippen molar-refractivity contribution in [3.05, 3.63) is 43.8 Å². The zero-order chi connectivity index (χ0) is 19.3. The molecule has 0 amide bonds. The molecule has 6 nitrogen and oxygen atoms in total. The van der Waals surface area contributed by atoms with Gasteiger partial charge in [0.05, 0.1) is 35.6 Å². The second-order valence-corrected chi connectivity index (χ2v) is 7.42. The SMILES string of the molecule is COc1cc(NC(=S)N/N=C\c2cc(Br)cc(Br)c2O)c(OC)cc1Cl. The van der Waals surface area contributed by atoms with Crippen LogP contribution in [0.1, 0.15) is 5.56 Å². The number of hydrazone groups is 1. The van der Waals surface area contributed by atoms with Gasteiger partial charge in [-0.2, -0.15) is 5.10 Å². The van der Waals surface area contributed by atoms with Crippen molar-refractivity contribution in [3.8, 4) is 17.2 Å². The number of ether oxygens (including phenoxy) is 2. The first-order valence-corrected chi connectivity index (χ1v) is 9.42. The van der Waals surface area contributed by atoms with E-state index < -0.39 is 0 Å². The number of nitrogens with zero attached hydrogens (tertiary/aromatic N) is 1. The van der Waals surface area contributed by atoms with Crippen LogP contribution in [0.3, 0.4) is 0 Å². The lowest BCUT2D eigenvalue weighted by molar-refractivity contribution is 0.405. The minimum atomic E-state index is 0.0711. The Kier molecular flexibility index (Phi) is 7.51. The Morgan fingerprint density at radius 2 is 1.88 bits per heavy atom. The fourth-order valence-corrected chi connectivity index (χ4v) is 3.60. The highest BCUT2D eigenvalue weighted by molar-refractivity contribution is 9.11. The van der Waals surface area contributed by atoms with E-state index in [4.69, 9.17) is 33.3 Å². The van der Waals surface area contributed by atoms with Crippen molar-refractivity contribution in [1.29, 1.82) is 0 Å². The molecular formula is C16H14Br2ClN3O3S. The topological polar surface area (TPSA) is 75.1 Å². The van der Waals surface area contributed by atoms with Crippen molar-refractivity contribution >= 4 is 72.7 Å². The van der Waals surface area contributed by atoms with E-state index in [0.717, 1.165) is 4.47 Å². The van der Waals surface area contributed by atoms with E-state index in [1.165, 1.54) is 20.4 Å². The van der Waals surface area contributed by atoms with Gasteiger partial charge in [0.1, 0.15) is 17.2 Å². The second kappa shape index (κ2) is 9.40. The van der Waals surface area contributed by atoms with Gasteiger partial charge in [0.15, 0.2) is 5.11 Å². The number of phenols is 1. The first kappa shape index (κ1) is 20.8.